The highest BCUT2D eigenvalue weighted by atomic mass is 16.6. The number of rotatable bonds is 7. The molecule has 0 bridgehead atoms. The van der Waals surface area contributed by atoms with Gasteiger partial charge in [-0.05, 0) is 41.8 Å². The lowest BCUT2D eigenvalue weighted by Crippen LogP contribution is -2.26. The molecule has 0 saturated heterocycles. The number of benzene rings is 2. The minimum Gasteiger partial charge on any atom is -0.465 e. The summed E-state index contributed by atoms with van der Waals surface area (Å²) < 4.78 is 10.3. The Hall–Kier alpha value is -3.02. The summed E-state index contributed by atoms with van der Waals surface area (Å²) in [7, 11) is 0. The molecule has 2 aromatic carbocycles. The molecular weight excluding hydrogens is 322 g/mol. The van der Waals surface area contributed by atoms with Crippen LogP contribution in [0.3, 0.4) is 0 Å². The molecular formula is C19H19NO5. The highest BCUT2D eigenvalue weighted by molar-refractivity contribution is 6.01. The zero-order valence-electron chi connectivity index (χ0n) is 14.1. The van der Waals surface area contributed by atoms with Crippen molar-refractivity contribution in [2.75, 3.05) is 6.61 Å². The molecule has 0 aliphatic heterocycles. The third-order valence-corrected chi connectivity index (χ3v) is 3.63. The van der Waals surface area contributed by atoms with Crippen molar-refractivity contribution in [2.24, 2.45) is 5.18 Å². The maximum absolute atomic E-state index is 12.5. The van der Waals surface area contributed by atoms with Crippen LogP contribution in [0.2, 0.25) is 0 Å². The molecule has 0 amide bonds. The smallest absolute Gasteiger partial charge is 0.325 e. The molecule has 0 aromatic heterocycles. The van der Waals surface area contributed by atoms with Gasteiger partial charge in [0, 0.05) is 0 Å². The van der Waals surface area contributed by atoms with Crippen LogP contribution in [0, 0.1) is 11.8 Å². The van der Waals surface area contributed by atoms with Crippen LogP contribution in [0.1, 0.15) is 29.5 Å². The molecule has 25 heavy (non-hydrogen) atoms. The van der Waals surface area contributed by atoms with E-state index in [0.717, 1.165) is 5.56 Å². The Bertz CT molecular complexity index is 758. The first-order chi connectivity index (χ1) is 12.1. The van der Waals surface area contributed by atoms with E-state index < -0.39 is 17.9 Å². The lowest BCUT2D eigenvalue weighted by atomic mass is 9.97. The van der Waals surface area contributed by atoms with E-state index in [9.17, 15) is 14.5 Å². The van der Waals surface area contributed by atoms with Crippen molar-refractivity contribution in [3.05, 3.63) is 70.1 Å². The fraction of sp³-hybridized carbons (Fsp3) is 0.263. The highest BCUT2D eigenvalue weighted by Crippen LogP contribution is 2.26. The second kappa shape index (κ2) is 8.73. The molecule has 0 aliphatic rings. The van der Waals surface area contributed by atoms with Gasteiger partial charge in [-0.3, -0.25) is 9.59 Å². The maximum Gasteiger partial charge on any atom is 0.325 e. The number of aryl methyl sites for hydroxylation is 1. The van der Waals surface area contributed by atoms with Crippen LogP contribution in [-0.4, -0.2) is 18.5 Å². The predicted octanol–water partition coefficient (Wildman–Crippen LogP) is 3.78. The van der Waals surface area contributed by atoms with E-state index in [1.54, 1.807) is 19.9 Å². The summed E-state index contributed by atoms with van der Waals surface area (Å²) in [6.45, 7) is 3.55. The summed E-state index contributed by atoms with van der Waals surface area (Å²) in [6.07, 6.45) is 0. The van der Waals surface area contributed by atoms with Crippen LogP contribution in [0.25, 0.3) is 0 Å². The van der Waals surface area contributed by atoms with E-state index in [0.29, 0.717) is 11.1 Å². The lowest BCUT2D eigenvalue weighted by Gasteiger charge is -2.16. The Balaban J connectivity index is 2.23. The second-order valence-electron chi connectivity index (χ2n) is 5.42. The molecule has 6 nitrogen and oxygen atoms in total. The fourth-order valence-electron chi connectivity index (χ4n) is 2.37. The lowest BCUT2D eigenvalue weighted by molar-refractivity contribution is -0.158. The summed E-state index contributed by atoms with van der Waals surface area (Å²) >= 11 is 0. The van der Waals surface area contributed by atoms with Crippen molar-refractivity contribution in [1.29, 1.82) is 0 Å². The van der Waals surface area contributed by atoms with E-state index in [1.165, 1.54) is 12.1 Å². The first-order valence-corrected chi connectivity index (χ1v) is 7.88. The SMILES string of the molecule is CCOC(=O)C(C(=O)OCc1ccccc1)c1ccc(N=O)c(C)c1. The van der Waals surface area contributed by atoms with Crippen LogP contribution < -0.4 is 0 Å². The summed E-state index contributed by atoms with van der Waals surface area (Å²) in [5.41, 5.74) is 2.04. The third kappa shape index (κ3) is 4.73. The average molecular weight is 341 g/mol. The zero-order valence-corrected chi connectivity index (χ0v) is 14.1. The van der Waals surface area contributed by atoms with E-state index in [4.69, 9.17) is 9.47 Å². The maximum atomic E-state index is 12.5. The van der Waals surface area contributed by atoms with Crippen molar-refractivity contribution in [2.45, 2.75) is 26.4 Å². The first-order valence-electron chi connectivity index (χ1n) is 7.88. The Labute approximate surface area is 145 Å². The van der Waals surface area contributed by atoms with Crippen LogP contribution in [0.15, 0.2) is 53.7 Å². The predicted molar refractivity (Wildman–Crippen MR) is 92.2 cm³/mol. The molecule has 0 fully saturated rings. The van der Waals surface area contributed by atoms with Gasteiger partial charge in [-0.2, -0.15) is 0 Å². The van der Waals surface area contributed by atoms with Gasteiger partial charge in [-0.1, -0.05) is 42.5 Å². The number of nitroso groups, excluding NO2 is 1. The minimum atomic E-state index is -1.21. The molecule has 1 unspecified atom stereocenters. The van der Waals surface area contributed by atoms with Crippen LogP contribution in [0.4, 0.5) is 5.69 Å². The van der Waals surface area contributed by atoms with Crippen LogP contribution in [-0.2, 0) is 25.7 Å². The van der Waals surface area contributed by atoms with Crippen molar-refractivity contribution in [1.82, 2.24) is 0 Å². The molecule has 0 radical (unpaired) electrons. The fourth-order valence-corrected chi connectivity index (χ4v) is 2.37. The Morgan fingerprint density at radius 2 is 1.72 bits per heavy atom. The molecule has 130 valence electrons. The third-order valence-electron chi connectivity index (χ3n) is 3.63. The summed E-state index contributed by atoms with van der Waals surface area (Å²) in [6, 6.07) is 13.7. The number of esters is 2. The highest BCUT2D eigenvalue weighted by Gasteiger charge is 2.32. The van der Waals surface area contributed by atoms with Crippen molar-refractivity contribution in [3.63, 3.8) is 0 Å². The normalized spacial score (nSPS) is 11.4. The van der Waals surface area contributed by atoms with Crippen molar-refractivity contribution in [3.8, 4) is 0 Å². The standard InChI is InChI=1S/C19H19NO5/c1-3-24-18(21)17(15-9-10-16(20-23)13(2)11-15)19(22)25-12-14-7-5-4-6-8-14/h4-11,17H,3,12H2,1-2H3. The quantitative estimate of drug-likeness (QED) is 0.435. The van der Waals surface area contributed by atoms with Gasteiger partial charge in [0.2, 0.25) is 0 Å². The molecule has 2 aromatic rings. The Morgan fingerprint density at radius 3 is 2.32 bits per heavy atom. The van der Waals surface area contributed by atoms with Gasteiger partial charge in [0.25, 0.3) is 0 Å². The van der Waals surface area contributed by atoms with Gasteiger partial charge >= 0.3 is 11.9 Å². The summed E-state index contributed by atoms with van der Waals surface area (Å²) in [5.74, 6) is -2.59. The van der Waals surface area contributed by atoms with Crippen molar-refractivity contribution < 1.29 is 19.1 Å². The number of carbonyl (C=O) groups is 2. The number of nitrogens with zero attached hydrogens (tertiary/aromatic N) is 1. The van der Waals surface area contributed by atoms with E-state index in [2.05, 4.69) is 5.18 Å². The average Bonchev–Trinajstić information content (AvgIpc) is 2.61. The molecule has 0 aliphatic carbocycles. The molecule has 1 atom stereocenters. The first kappa shape index (κ1) is 18.3. The Kier molecular flexibility index (Phi) is 6.39. The summed E-state index contributed by atoms with van der Waals surface area (Å²) in [5, 5.41) is 2.89. The molecule has 0 spiro atoms. The van der Waals surface area contributed by atoms with E-state index in [-0.39, 0.29) is 18.9 Å². The largest absolute Gasteiger partial charge is 0.465 e. The molecule has 0 heterocycles. The van der Waals surface area contributed by atoms with Gasteiger partial charge in [-0.25, -0.2) is 0 Å². The number of ether oxygens (including phenoxy) is 2. The van der Waals surface area contributed by atoms with Gasteiger partial charge in [0.15, 0.2) is 5.92 Å². The van der Waals surface area contributed by atoms with Crippen LogP contribution in [0.5, 0.6) is 0 Å². The van der Waals surface area contributed by atoms with E-state index >= 15 is 0 Å². The second-order valence-corrected chi connectivity index (χ2v) is 5.42. The topological polar surface area (TPSA) is 82.0 Å². The van der Waals surface area contributed by atoms with Crippen LogP contribution >= 0.6 is 0 Å². The molecule has 2 rings (SSSR count). The van der Waals surface area contributed by atoms with Gasteiger partial charge in [0.1, 0.15) is 12.3 Å². The minimum absolute atomic E-state index is 0.0581. The van der Waals surface area contributed by atoms with Crippen molar-refractivity contribution >= 4 is 17.6 Å². The monoisotopic (exact) mass is 341 g/mol. The molecule has 0 saturated carbocycles. The van der Waals surface area contributed by atoms with Gasteiger partial charge < -0.3 is 9.47 Å². The van der Waals surface area contributed by atoms with E-state index in [1.807, 2.05) is 30.3 Å². The number of hydrogen-bond acceptors (Lipinski definition) is 6. The van der Waals surface area contributed by atoms with Gasteiger partial charge in [-0.15, -0.1) is 4.91 Å². The molecule has 6 heteroatoms. The van der Waals surface area contributed by atoms with Gasteiger partial charge in [0.05, 0.1) is 6.61 Å². The summed E-state index contributed by atoms with van der Waals surface area (Å²) in [4.78, 5) is 35.4. The Morgan fingerprint density at radius 1 is 1.04 bits per heavy atom. The number of hydrogen-bond donors (Lipinski definition) is 0. The zero-order chi connectivity index (χ0) is 18.2. The number of carbonyl (C=O) groups excluding carboxylic acids is 2. The molecule has 0 N–H and O–H groups in total.